The molecule has 0 radical (unpaired) electrons. The van der Waals surface area contributed by atoms with Gasteiger partial charge in [-0.1, -0.05) is 127 Å². The molecule has 8 aromatic carbocycles. The van der Waals surface area contributed by atoms with E-state index < -0.39 is 48.3 Å². The Morgan fingerprint density at radius 1 is 0.417 bits per heavy atom. The van der Waals surface area contributed by atoms with E-state index in [-0.39, 0.29) is 53.1 Å². The summed E-state index contributed by atoms with van der Waals surface area (Å²) in [6, 6.07) is 24.8. The second-order valence-corrected chi connectivity index (χ2v) is 11.1. The Kier molecular flexibility index (Phi) is 4.16. The van der Waals surface area contributed by atoms with Gasteiger partial charge in [-0.25, -0.2) is 0 Å². The van der Waals surface area contributed by atoms with E-state index in [0.717, 1.165) is 11.1 Å². The predicted molar refractivity (Wildman–Crippen MR) is 202 cm³/mol. The highest BCUT2D eigenvalue weighted by Gasteiger charge is 2.14. The zero-order chi connectivity index (χ0) is 44.0. The standard InChI is InChI=1S/C46H31NO/c1-3-10-32(11-4-1)33-20-25-40(26-21-33)47(39-14-5-2-6-15-39)41-27-22-34(23-28-41)36-12-9-13-37(30-36)38-19-18-35-24-29-45-46(43(35)31-38)42-16-7-8-17-44(42)48-45/h1-31H/i1D,2D,3D,4D,5D,6D,10D,11D,14D,15D,16D,24D,29D,31D. The highest BCUT2D eigenvalue weighted by Crippen LogP contribution is 2.39. The maximum atomic E-state index is 9.45. The van der Waals surface area contributed by atoms with Gasteiger partial charge in [-0.2, -0.15) is 0 Å². The molecule has 0 atom stereocenters. The van der Waals surface area contributed by atoms with Crippen LogP contribution >= 0.6 is 0 Å². The number of furan rings is 1. The Morgan fingerprint density at radius 2 is 1.06 bits per heavy atom. The van der Waals surface area contributed by atoms with Crippen molar-refractivity contribution in [3.8, 4) is 33.4 Å². The SMILES string of the molecule is [2H]c1c([2H])c([2H])c(-c2ccc(N(c3ccc(-c4cccc(-c5ccc6c([2H])c([2H])c7oc8cccc([2H])c8c7c6c5[2H])c4)cc3)c3c([2H])c([2H])c([2H])c([2H])c3[2H])cc2)c([2H])c1[2H]. The first-order chi connectivity index (χ1) is 29.6. The summed E-state index contributed by atoms with van der Waals surface area (Å²) in [6.45, 7) is 0. The Bertz CT molecular complexity index is 3290. The molecule has 0 amide bonds. The highest BCUT2D eigenvalue weighted by atomic mass is 16.3. The molecule has 9 rings (SSSR count). The van der Waals surface area contributed by atoms with E-state index in [4.69, 9.17) is 22.2 Å². The van der Waals surface area contributed by atoms with Crippen molar-refractivity contribution in [3.05, 3.63) is 188 Å². The van der Waals surface area contributed by atoms with Crippen LogP contribution in [-0.2, 0) is 0 Å². The number of anilines is 3. The summed E-state index contributed by atoms with van der Waals surface area (Å²) in [4.78, 5) is 1.51. The van der Waals surface area contributed by atoms with Gasteiger partial charge < -0.3 is 9.32 Å². The normalized spacial score (nSPS) is 15.4. The second-order valence-electron chi connectivity index (χ2n) is 11.1. The summed E-state index contributed by atoms with van der Waals surface area (Å²) >= 11 is 0. The largest absolute Gasteiger partial charge is 0.456 e. The molecule has 226 valence electrons. The Labute approximate surface area is 299 Å². The number of benzene rings is 8. The summed E-state index contributed by atoms with van der Waals surface area (Å²) in [5, 5.41) is 1.75. The lowest BCUT2D eigenvalue weighted by atomic mass is 9.95. The summed E-state index contributed by atoms with van der Waals surface area (Å²) in [7, 11) is 0. The van der Waals surface area contributed by atoms with Crippen molar-refractivity contribution >= 4 is 49.8 Å². The molecule has 0 fully saturated rings. The molecule has 0 spiro atoms. The van der Waals surface area contributed by atoms with Gasteiger partial charge in [0.05, 0.1) is 19.2 Å². The van der Waals surface area contributed by atoms with E-state index >= 15 is 0 Å². The molecule has 0 N–H and O–H groups in total. The monoisotopic (exact) mass is 627 g/mol. The summed E-state index contributed by atoms with van der Waals surface area (Å²) < 4.78 is 125. The van der Waals surface area contributed by atoms with Crippen molar-refractivity contribution < 1.29 is 23.6 Å². The Balaban J connectivity index is 1.14. The van der Waals surface area contributed by atoms with Crippen molar-refractivity contribution in [2.45, 2.75) is 0 Å². The molecule has 2 heteroatoms. The lowest BCUT2D eigenvalue weighted by molar-refractivity contribution is 0.669. The first-order valence-corrected chi connectivity index (χ1v) is 15.2. The molecule has 0 saturated carbocycles. The molecule has 0 aliphatic heterocycles. The predicted octanol–water partition coefficient (Wildman–Crippen LogP) is 13.2. The average molecular weight is 628 g/mol. The Hall–Kier alpha value is -6.38. The van der Waals surface area contributed by atoms with E-state index in [1.165, 1.54) is 4.90 Å². The second kappa shape index (κ2) is 11.8. The van der Waals surface area contributed by atoms with Crippen molar-refractivity contribution in [2.75, 3.05) is 4.90 Å². The van der Waals surface area contributed by atoms with Gasteiger partial charge in [-0.3, -0.25) is 0 Å². The van der Waals surface area contributed by atoms with Gasteiger partial charge in [0.2, 0.25) is 0 Å². The van der Waals surface area contributed by atoms with Crippen LogP contribution in [0, 0.1) is 0 Å². The third-order valence-corrected chi connectivity index (χ3v) is 8.27. The maximum Gasteiger partial charge on any atom is 0.136 e. The quantitative estimate of drug-likeness (QED) is 0.182. The molecule has 0 aliphatic rings. The minimum Gasteiger partial charge on any atom is -0.456 e. The third kappa shape index (κ3) is 5.01. The molecule has 9 aromatic rings. The van der Waals surface area contributed by atoms with E-state index in [2.05, 4.69) is 0 Å². The van der Waals surface area contributed by atoms with Crippen LogP contribution < -0.4 is 4.90 Å². The molecular weight excluding hydrogens is 583 g/mol. The first kappa shape index (κ1) is 17.0. The zero-order valence-electron chi connectivity index (χ0n) is 39.2. The third-order valence-electron chi connectivity index (χ3n) is 8.27. The molecule has 48 heavy (non-hydrogen) atoms. The number of rotatable bonds is 6. The van der Waals surface area contributed by atoms with Crippen molar-refractivity contribution in [2.24, 2.45) is 0 Å². The van der Waals surface area contributed by atoms with E-state index in [1.54, 1.807) is 66.7 Å². The van der Waals surface area contributed by atoms with Crippen LogP contribution in [0.4, 0.5) is 17.1 Å². The molecule has 0 bridgehead atoms. The van der Waals surface area contributed by atoms with Crippen LogP contribution in [0.5, 0.6) is 0 Å². The van der Waals surface area contributed by atoms with Gasteiger partial charge in [0.1, 0.15) is 11.2 Å². The molecule has 1 heterocycles. The molecule has 1 aromatic heterocycles. The minimum absolute atomic E-state index is 0.00175. The van der Waals surface area contributed by atoms with Gasteiger partial charge in [-0.05, 0) is 105 Å². The van der Waals surface area contributed by atoms with Crippen LogP contribution in [0.15, 0.2) is 192 Å². The van der Waals surface area contributed by atoms with Gasteiger partial charge in [0.25, 0.3) is 0 Å². The van der Waals surface area contributed by atoms with Crippen molar-refractivity contribution in [3.63, 3.8) is 0 Å². The van der Waals surface area contributed by atoms with Gasteiger partial charge in [0, 0.05) is 27.8 Å². The fourth-order valence-electron chi connectivity index (χ4n) is 5.99. The fourth-order valence-corrected chi connectivity index (χ4v) is 5.99. The molecule has 2 nitrogen and oxygen atoms in total. The highest BCUT2D eigenvalue weighted by molar-refractivity contribution is 6.19. The van der Waals surface area contributed by atoms with E-state index in [1.807, 2.05) is 36.4 Å². The smallest absolute Gasteiger partial charge is 0.136 e. The zero-order valence-corrected chi connectivity index (χ0v) is 25.2. The van der Waals surface area contributed by atoms with Crippen molar-refractivity contribution in [1.29, 1.82) is 0 Å². The van der Waals surface area contributed by atoms with Crippen LogP contribution in [0.25, 0.3) is 66.1 Å². The number of para-hydroxylation sites is 2. The lowest BCUT2D eigenvalue weighted by Crippen LogP contribution is -2.09. The average Bonchev–Trinajstić information content (AvgIpc) is 3.68. The van der Waals surface area contributed by atoms with Crippen LogP contribution in [0.3, 0.4) is 0 Å². The topological polar surface area (TPSA) is 16.4 Å². The summed E-state index contributed by atoms with van der Waals surface area (Å²) in [5.41, 5.74) is 4.37. The maximum absolute atomic E-state index is 9.45. The van der Waals surface area contributed by atoms with E-state index in [0.29, 0.717) is 55.2 Å². The van der Waals surface area contributed by atoms with Crippen molar-refractivity contribution in [1.82, 2.24) is 0 Å². The number of fused-ring (bicyclic) bond motifs is 5. The van der Waals surface area contributed by atoms with Crippen LogP contribution in [-0.4, -0.2) is 0 Å². The van der Waals surface area contributed by atoms with E-state index in [9.17, 15) is 1.37 Å². The van der Waals surface area contributed by atoms with Gasteiger partial charge in [-0.15, -0.1) is 0 Å². The lowest BCUT2D eigenvalue weighted by Gasteiger charge is -2.26. The summed E-state index contributed by atoms with van der Waals surface area (Å²) in [6.07, 6.45) is 0. The van der Waals surface area contributed by atoms with Crippen LogP contribution in [0.1, 0.15) is 19.2 Å². The first-order valence-electron chi connectivity index (χ1n) is 22.2. The minimum atomic E-state index is -0.553. The number of nitrogens with zero attached hydrogens (tertiary/aromatic N) is 1. The number of hydrogen-bond acceptors (Lipinski definition) is 2. The van der Waals surface area contributed by atoms with Crippen LogP contribution in [0.2, 0.25) is 0 Å². The van der Waals surface area contributed by atoms with Gasteiger partial charge >= 0.3 is 0 Å². The molecule has 0 aliphatic carbocycles. The molecular formula is C46H31NO. The molecule has 0 unspecified atom stereocenters. The number of hydrogen-bond donors (Lipinski definition) is 0. The van der Waals surface area contributed by atoms with Gasteiger partial charge in [0.15, 0.2) is 0 Å². The molecule has 0 saturated heterocycles. The summed E-state index contributed by atoms with van der Waals surface area (Å²) in [5.74, 6) is 0. The fraction of sp³-hybridized carbons (Fsp3) is 0. The Morgan fingerprint density at radius 3 is 1.79 bits per heavy atom.